The van der Waals surface area contributed by atoms with Crippen LogP contribution in [0.4, 0.5) is 26.2 Å². The second-order valence-electron chi connectivity index (χ2n) is 25.1. The molecule has 3 saturated heterocycles. The van der Waals surface area contributed by atoms with Gasteiger partial charge in [0.15, 0.2) is 23.3 Å². The topological polar surface area (TPSA) is 400 Å². The summed E-state index contributed by atoms with van der Waals surface area (Å²) in [5.41, 5.74) is 2.86. The summed E-state index contributed by atoms with van der Waals surface area (Å²) in [6.07, 6.45) is 7.59. The molecule has 37 heteroatoms. The van der Waals surface area contributed by atoms with E-state index in [9.17, 15) is 72.9 Å². The zero-order valence-corrected chi connectivity index (χ0v) is 67.0. The molecule has 4 N–H and O–H groups in total. The molecular formula is C75H86ClF2N11O18S5. The normalized spacial score (nSPS) is 14.1. The van der Waals surface area contributed by atoms with E-state index in [1.807, 2.05) is 4.90 Å². The van der Waals surface area contributed by atoms with Gasteiger partial charge < -0.3 is 38.8 Å². The summed E-state index contributed by atoms with van der Waals surface area (Å²) in [7, 11) is -9.91. The molecule has 10 rings (SSSR count). The molecule has 0 aliphatic carbocycles. The van der Waals surface area contributed by atoms with Crippen LogP contribution in [0.2, 0.25) is 5.15 Å². The Morgan fingerprint density at radius 2 is 0.902 bits per heavy atom. The van der Waals surface area contributed by atoms with Crippen molar-refractivity contribution < 1.29 is 91.6 Å². The van der Waals surface area contributed by atoms with E-state index in [0.29, 0.717) is 116 Å². The molecule has 29 nitrogen and oxygen atoms in total. The number of ether oxygens (including phenoxy) is 4. The van der Waals surface area contributed by atoms with E-state index in [-0.39, 0.29) is 94.8 Å². The molecule has 3 aliphatic rings. The molecule has 7 aromatic rings. The van der Waals surface area contributed by atoms with E-state index in [0.717, 1.165) is 12.1 Å². The van der Waals surface area contributed by atoms with Crippen molar-refractivity contribution in [1.82, 2.24) is 34.1 Å². The molecule has 0 bridgehead atoms. The summed E-state index contributed by atoms with van der Waals surface area (Å²) < 4.78 is 130. The second-order valence-corrected chi connectivity index (χ2v) is 32.2. The standard InChI is InChI=1S/C25H30N4O6S.C22H26FN3O5S2.C21H23ClFN3O5S.C7H7NO2S/c1-3-35-25(31)21-15-20(16-26)23(27-22(21)11-14-34-2)29-12-9-19(10-13-29)24(30)28-36(32,33)17-18-7-5-4-6-8-18;1-3-31-22(28)17-13-18(23)19(24-21(17)32-2)26-11-9-16(10-12-26)20(27)25-33(29,30)14-15-7-5-4-6-8-15;1-2-31-21(28)16-12-17(23)19(24-18(16)22)26-10-8-15(9-11-26)20(27)25-32(29,30)13-14-6-4-3-5-7-14;1-11-6-5(7(9)10)3-2-4-8-6/h4-8,15,19H,3,9-14,17H2,1-2H3,(H,28,30);4-8,13,16H,3,9-12,14H2,1-2H3,(H,25,27);3-7,12,15H,2,8-11,13H2,1H3,(H,25,27);2-4H,1H3,(H,9,10). The number of carboxylic acid groups (broad SMARTS) is 1. The predicted molar refractivity (Wildman–Crippen MR) is 417 cm³/mol. The summed E-state index contributed by atoms with van der Waals surface area (Å²) in [6.45, 7) is 7.83. The van der Waals surface area contributed by atoms with Crippen LogP contribution in [0.3, 0.4) is 0 Å². The number of hydrogen-bond acceptors (Lipinski definition) is 27. The summed E-state index contributed by atoms with van der Waals surface area (Å²) in [5, 5.41) is 19.1. The molecule has 3 fully saturated rings. The number of esters is 3. The number of nitrogens with zero attached hydrogens (tertiary/aromatic N) is 8. The van der Waals surface area contributed by atoms with Crippen LogP contribution >= 0.6 is 35.1 Å². The van der Waals surface area contributed by atoms with Crippen LogP contribution < -0.4 is 28.9 Å². The third-order valence-electron chi connectivity index (χ3n) is 17.3. The Balaban J connectivity index is 0.000000218. The number of benzene rings is 3. The fourth-order valence-corrected chi connectivity index (χ4v) is 16.7. The van der Waals surface area contributed by atoms with Gasteiger partial charge in [-0.1, -0.05) is 103 Å². The van der Waals surface area contributed by atoms with Crippen LogP contribution in [0.5, 0.6) is 0 Å². The lowest BCUT2D eigenvalue weighted by Crippen LogP contribution is -2.43. The number of sulfonamides is 3. The number of aromatic carboxylic acids is 1. The Morgan fingerprint density at radius 1 is 0.527 bits per heavy atom. The minimum absolute atomic E-state index is 0.0291. The molecule has 0 spiro atoms. The van der Waals surface area contributed by atoms with Gasteiger partial charge in [-0.05, 0) is 119 Å². The SMILES string of the molecule is CCOC(=O)c1cc(C#N)c(N2CCC(C(=O)NS(=O)(=O)Cc3ccccc3)CC2)nc1CCOC.CCOC(=O)c1cc(F)c(N2CCC(C(=O)NS(=O)(=O)Cc3ccccc3)CC2)nc1Cl.CCOC(=O)c1cc(F)c(N2CCC(C(=O)NS(=O)(=O)Cc3ccccc3)CC2)nc1SC.CSc1ncccc1C(=O)O. The van der Waals surface area contributed by atoms with E-state index in [1.54, 1.807) is 160 Å². The van der Waals surface area contributed by atoms with Crippen molar-refractivity contribution in [1.29, 1.82) is 5.26 Å². The molecule has 600 valence electrons. The molecule has 3 amide bonds. The molecule has 0 unspecified atom stereocenters. The van der Waals surface area contributed by atoms with Crippen molar-refractivity contribution in [3.05, 3.63) is 195 Å². The first-order chi connectivity index (χ1) is 53.5. The van der Waals surface area contributed by atoms with Gasteiger partial charge >= 0.3 is 23.9 Å². The Kier molecular flexibility index (Phi) is 34.5. The van der Waals surface area contributed by atoms with Crippen molar-refractivity contribution >= 4 is 124 Å². The van der Waals surface area contributed by atoms with Gasteiger partial charge in [0.25, 0.3) is 0 Å². The summed E-state index contributed by atoms with van der Waals surface area (Å²) in [4.78, 5) is 107. The fraction of sp³-hybridized carbons (Fsp3) is 0.387. The number of methoxy groups -OCH3 is 1. The van der Waals surface area contributed by atoms with Crippen molar-refractivity contribution in [2.45, 2.75) is 93.0 Å². The molecule has 112 heavy (non-hydrogen) atoms. The number of thioether (sulfide) groups is 2. The van der Waals surface area contributed by atoms with Crippen LogP contribution in [0.1, 0.15) is 129 Å². The molecule has 3 aromatic carbocycles. The molecular weight excluding hydrogens is 1580 g/mol. The largest absolute Gasteiger partial charge is 0.478 e. The summed E-state index contributed by atoms with van der Waals surface area (Å²) in [5.74, 6) is -7.79. The monoisotopic (exact) mass is 1660 g/mol. The number of aromatic nitrogens is 4. The number of pyridine rings is 4. The minimum atomic E-state index is -3.83. The van der Waals surface area contributed by atoms with Crippen LogP contribution in [-0.4, -0.2) is 177 Å². The number of anilines is 3. The highest BCUT2D eigenvalue weighted by molar-refractivity contribution is 7.98. The first-order valence-electron chi connectivity index (χ1n) is 35.2. The lowest BCUT2D eigenvalue weighted by Gasteiger charge is -2.33. The van der Waals surface area contributed by atoms with Crippen LogP contribution in [-0.2, 0) is 87.1 Å². The number of carboxylic acids is 1. The van der Waals surface area contributed by atoms with E-state index in [4.69, 9.17) is 35.7 Å². The third-order valence-corrected chi connectivity index (χ3v) is 22.7. The fourth-order valence-electron chi connectivity index (χ4n) is 11.8. The van der Waals surface area contributed by atoms with Gasteiger partial charge in [-0.25, -0.2) is 73.1 Å². The van der Waals surface area contributed by atoms with E-state index in [1.165, 1.54) is 29.6 Å². The number of carbonyl (C=O) groups is 7. The van der Waals surface area contributed by atoms with E-state index >= 15 is 0 Å². The first-order valence-corrected chi connectivity index (χ1v) is 43.0. The number of amides is 3. The van der Waals surface area contributed by atoms with E-state index in [2.05, 4.69) is 40.2 Å². The average molecular weight is 1660 g/mol. The molecule has 3 aliphatic heterocycles. The first kappa shape index (κ1) is 89.3. The second kappa shape index (κ2) is 43.2. The maximum atomic E-state index is 14.8. The lowest BCUT2D eigenvalue weighted by molar-refractivity contribution is -0.124. The number of piperidine rings is 3. The van der Waals surface area contributed by atoms with Gasteiger partial charge in [0.1, 0.15) is 32.7 Å². The van der Waals surface area contributed by atoms with E-state index < -0.39 is 101 Å². The Morgan fingerprint density at radius 3 is 1.27 bits per heavy atom. The predicted octanol–water partition coefficient (Wildman–Crippen LogP) is 9.58. The van der Waals surface area contributed by atoms with Crippen molar-refractivity contribution in [2.24, 2.45) is 17.8 Å². The average Bonchev–Trinajstić information content (AvgIpc) is 0.790. The maximum absolute atomic E-state index is 14.8. The number of hydrogen-bond donors (Lipinski definition) is 4. The van der Waals surface area contributed by atoms with Gasteiger partial charge in [-0.3, -0.25) is 28.5 Å². The number of nitrogens with one attached hydrogen (secondary N) is 3. The Labute approximate surface area is 662 Å². The lowest BCUT2D eigenvalue weighted by atomic mass is 9.96. The number of carbonyl (C=O) groups excluding carboxylic acids is 6. The number of nitriles is 1. The number of halogens is 3. The molecule has 0 atom stereocenters. The molecule has 4 aromatic heterocycles. The van der Waals surface area contributed by atoms with Gasteiger partial charge in [-0.15, -0.1) is 23.5 Å². The van der Waals surface area contributed by atoms with Crippen molar-refractivity contribution in [2.75, 3.05) is 100 Å². The Bertz CT molecular complexity index is 4830. The van der Waals surface area contributed by atoms with Gasteiger partial charge in [-0.2, -0.15) is 5.26 Å². The summed E-state index contributed by atoms with van der Waals surface area (Å²) >= 11 is 8.58. The van der Waals surface area contributed by atoms with Gasteiger partial charge in [0.05, 0.1) is 71.6 Å². The highest BCUT2D eigenvalue weighted by Crippen LogP contribution is 2.33. The van der Waals surface area contributed by atoms with Crippen molar-refractivity contribution in [3.8, 4) is 6.07 Å². The summed E-state index contributed by atoms with van der Waals surface area (Å²) in [6, 6.07) is 34.7. The van der Waals surface area contributed by atoms with Gasteiger partial charge in [0, 0.05) is 76.7 Å². The molecule has 0 saturated carbocycles. The van der Waals surface area contributed by atoms with Gasteiger partial charge in [0.2, 0.25) is 47.8 Å². The smallest absolute Gasteiger partial charge is 0.341 e. The highest BCUT2D eigenvalue weighted by Gasteiger charge is 2.35. The molecule has 0 radical (unpaired) electrons. The quantitative estimate of drug-likeness (QED) is 0.0161. The van der Waals surface area contributed by atoms with Crippen LogP contribution in [0.25, 0.3) is 0 Å². The molecule has 7 heterocycles. The third kappa shape index (κ3) is 26.6. The van der Waals surface area contributed by atoms with Crippen molar-refractivity contribution in [3.63, 3.8) is 0 Å². The zero-order valence-electron chi connectivity index (χ0n) is 62.1. The minimum Gasteiger partial charge on any atom is -0.478 e. The highest BCUT2D eigenvalue weighted by atomic mass is 35.5. The maximum Gasteiger partial charge on any atom is 0.341 e. The number of rotatable bonds is 27. The Hall–Kier alpha value is -9.90. The van der Waals surface area contributed by atoms with Crippen LogP contribution in [0.15, 0.2) is 138 Å². The van der Waals surface area contributed by atoms with Crippen LogP contribution in [0, 0.1) is 40.7 Å². The zero-order chi connectivity index (χ0) is 81.7.